The van der Waals surface area contributed by atoms with E-state index in [4.69, 9.17) is 10.5 Å². The van der Waals surface area contributed by atoms with Gasteiger partial charge in [-0.15, -0.1) is 0 Å². The molecule has 0 aliphatic carbocycles. The first-order valence-electron chi connectivity index (χ1n) is 10.5. The normalized spacial score (nSPS) is 10.8. The molecule has 0 saturated carbocycles. The summed E-state index contributed by atoms with van der Waals surface area (Å²) < 4.78 is 0. The fourth-order valence-corrected chi connectivity index (χ4v) is 2.92. The summed E-state index contributed by atoms with van der Waals surface area (Å²) in [6.07, 6.45) is 5.73. The summed E-state index contributed by atoms with van der Waals surface area (Å²) in [7, 11) is 3.98. The molecule has 0 amide bonds. The number of rotatable bonds is 12. The third kappa shape index (κ3) is 8.72. The van der Waals surface area contributed by atoms with Crippen molar-refractivity contribution < 1.29 is 0 Å². The third-order valence-corrected chi connectivity index (χ3v) is 4.84. The Morgan fingerprint density at radius 3 is 1.45 bits per heavy atom. The Bertz CT molecular complexity index is 839. The van der Waals surface area contributed by atoms with E-state index in [9.17, 15) is 0 Å². The van der Waals surface area contributed by atoms with E-state index >= 15 is 0 Å². The monoisotopic (exact) mass is 414 g/mol. The molecule has 0 bridgehead atoms. The van der Waals surface area contributed by atoms with Crippen LogP contribution in [0.3, 0.4) is 0 Å². The summed E-state index contributed by atoms with van der Waals surface area (Å²) in [6.45, 7) is 2.94. The highest BCUT2D eigenvalue weighted by Gasteiger charge is 2.00. The zero-order valence-corrected chi connectivity index (χ0v) is 18.4. The van der Waals surface area contributed by atoms with Crippen LogP contribution in [0.1, 0.15) is 30.4 Å². The highest BCUT2D eigenvalue weighted by atomic mass is 15.1. The topological polar surface area (TPSA) is 78.8 Å². The SMILES string of the molecule is CN(CCC#N)c1ccc(C=NCCCN=Cc2ccc(N(C)CCC#N)cc2)cc1. The van der Waals surface area contributed by atoms with E-state index in [1.54, 1.807) is 0 Å². The minimum absolute atomic E-state index is 0.522. The van der Waals surface area contributed by atoms with Crippen LogP contribution >= 0.6 is 0 Å². The second kappa shape index (κ2) is 13.6. The van der Waals surface area contributed by atoms with Gasteiger partial charge in [-0.3, -0.25) is 9.98 Å². The van der Waals surface area contributed by atoms with E-state index in [1.807, 2.05) is 50.8 Å². The molecule has 0 fully saturated rings. The molecular weight excluding hydrogens is 384 g/mol. The van der Waals surface area contributed by atoms with Gasteiger partial charge in [0.15, 0.2) is 0 Å². The average Bonchev–Trinajstić information content (AvgIpc) is 2.81. The van der Waals surface area contributed by atoms with Gasteiger partial charge in [0.05, 0.1) is 25.0 Å². The maximum absolute atomic E-state index is 8.68. The van der Waals surface area contributed by atoms with Gasteiger partial charge in [0.2, 0.25) is 0 Å². The third-order valence-electron chi connectivity index (χ3n) is 4.84. The van der Waals surface area contributed by atoms with E-state index in [-0.39, 0.29) is 0 Å². The van der Waals surface area contributed by atoms with Crippen molar-refractivity contribution in [2.24, 2.45) is 9.98 Å². The Morgan fingerprint density at radius 2 is 1.10 bits per heavy atom. The van der Waals surface area contributed by atoms with E-state index in [2.05, 4.69) is 56.2 Å². The minimum atomic E-state index is 0.522. The molecule has 0 saturated heterocycles. The van der Waals surface area contributed by atoms with Crippen molar-refractivity contribution in [1.82, 2.24) is 0 Å². The van der Waals surface area contributed by atoms with Crippen molar-refractivity contribution in [3.63, 3.8) is 0 Å². The second-order valence-electron chi connectivity index (χ2n) is 7.27. The average molecular weight is 415 g/mol. The van der Waals surface area contributed by atoms with Crippen molar-refractivity contribution in [2.45, 2.75) is 19.3 Å². The van der Waals surface area contributed by atoms with Gasteiger partial charge >= 0.3 is 0 Å². The van der Waals surface area contributed by atoms with Crippen molar-refractivity contribution in [1.29, 1.82) is 10.5 Å². The molecule has 6 nitrogen and oxygen atoms in total. The van der Waals surface area contributed by atoms with Crippen molar-refractivity contribution >= 4 is 23.8 Å². The first kappa shape index (κ1) is 23.6. The lowest BCUT2D eigenvalue weighted by atomic mass is 10.2. The van der Waals surface area contributed by atoms with Crippen LogP contribution in [-0.2, 0) is 0 Å². The number of hydrogen-bond donors (Lipinski definition) is 0. The lowest BCUT2D eigenvalue weighted by molar-refractivity contribution is 0.851. The molecule has 0 radical (unpaired) electrons. The number of nitrogens with zero attached hydrogens (tertiary/aromatic N) is 6. The highest BCUT2D eigenvalue weighted by Crippen LogP contribution is 2.14. The molecule has 2 aromatic rings. The molecule has 2 rings (SSSR count). The predicted octanol–water partition coefficient (Wildman–Crippen LogP) is 4.31. The molecule has 0 aliphatic rings. The fraction of sp³-hybridized carbons (Fsp3) is 0.360. The van der Waals surface area contributed by atoms with Gasteiger partial charge in [-0.2, -0.15) is 10.5 Å². The lowest BCUT2D eigenvalue weighted by Gasteiger charge is -2.17. The lowest BCUT2D eigenvalue weighted by Crippen LogP contribution is -2.17. The molecular formula is C25H30N6. The van der Waals surface area contributed by atoms with Crippen molar-refractivity contribution in [2.75, 3.05) is 50.1 Å². The van der Waals surface area contributed by atoms with Crippen molar-refractivity contribution in [3.05, 3.63) is 59.7 Å². The Morgan fingerprint density at radius 1 is 0.710 bits per heavy atom. The Balaban J connectivity index is 1.69. The van der Waals surface area contributed by atoms with Crippen LogP contribution in [0.25, 0.3) is 0 Å². The van der Waals surface area contributed by atoms with E-state index in [1.165, 1.54) is 0 Å². The summed E-state index contributed by atoms with van der Waals surface area (Å²) in [4.78, 5) is 13.1. The first-order chi connectivity index (χ1) is 15.1. The molecule has 0 unspecified atom stereocenters. The van der Waals surface area contributed by atoms with Gasteiger partial charge in [-0.05, 0) is 41.8 Å². The summed E-state index contributed by atoms with van der Waals surface area (Å²) in [5.41, 5.74) is 4.34. The van der Waals surface area contributed by atoms with Gasteiger partial charge in [0.1, 0.15) is 0 Å². The zero-order valence-electron chi connectivity index (χ0n) is 18.4. The smallest absolute Gasteiger partial charge is 0.0640 e. The van der Waals surface area contributed by atoms with Gasteiger partial charge in [0.25, 0.3) is 0 Å². The van der Waals surface area contributed by atoms with E-state index < -0.39 is 0 Å². The Kier molecular flexibility index (Phi) is 10.3. The van der Waals surface area contributed by atoms with Crippen LogP contribution in [0.2, 0.25) is 0 Å². The van der Waals surface area contributed by atoms with Gasteiger partial charge < -0.3 is 9.80 Å². The summed E-state index contributed by atoms with van der Waals surface area (Å²) in [6, 6.07) is 20.7. The van der Waals surface area contributed by atoms with Crippen LogP contribution in [0.4, 0.5) is 11.4 Å². The van der Waals surface area contributed by atoms with E-state index in [0.29, 0.717) is 12.8 Å². The summed E-state index contributed by atoms with van der Waals surface area (Å²) >= 11 is 0. The number of benzene rings is 2. The van der Waals surface area contributed by atoms with Gasteiger partial charge in [-0.25, -0.2) is 0 Å². The predicted molar refractivity (Wildman–Crippen MR) is 129 cm³/mol. The fourth-order valence-electron chi connectivity index (χ4n) is 2.92. The second-order valence-corrected chi connectivity index (χ2v) is 7.27. The van der Waals surface area contributed by atoms with Crippen molar-refractivity contribution in [3.8, 4) is 12.1 Å². The maximum atomic E-state index is 8.68. The molecule has 6 heteroatoms. The van der Waals surface area contributed by atoms with Crippen LogP contribution in [-0.4, -0.2) is 52.7 Å². The summed E-state index contributed by atoms with van der Waals surface area (Å²) in [5, 5.41) is 17.4. The largest absolute Gasteiger partial charge is 0.374 e. The first-order valence-corrected chi connectivity index (χ1v) is 10.5. The number of hydrogen-bond acceptors (Lipinski definition) is 6. The number of nitriles is 2. The summed E-state index contributed by atoms with van der Waals surface area (Å²) in [5.74, 6) is 0. The van der Waals surface area contributed by atoms with Gasteiger partial charge in [-0.1, -0.05) is 24.3 Å². The number of aliphatic imine (C=N–C) groups is 2. The van der Waals surface area contributed by atoms with E-state index in [0.717, 1.165) is 55.1 Å². The molecule has 0 N–H and O–H groups in total. The Hall–Kier alpha value is -3.64. The molecule has 0 heterocycles. The molecule has 2 aromatic carbocycles. The molecule has 160 valence electrons. The molecule has 0 aromatic heterocycles. The number of anilines is 2. The molecule has 31 heavy (non-hydrogen) atoms. The minimum Gasteiger partial charge on any atom is -0.374 e. The molecule has 0 spiro atoms. The highest BCUT2D eigenvalue weighted by molar-refractivity contribution is 5.81. The van der Waals surface area contributed by atoms with Crippen LogP contribution in [0.15, 0.2) is 58.5 Å². The van der Waals surface area contributed by atoms with Gasteiger partial charge in [0, 0.05) is 64.1 Å². The van der Waals surface area contributed by atoms with Crippen LogP contribution in [0, 0.1) is 22.7 Å². The molecule has 0 atom stereocenters. The zero-order chi connectivity index (χ0) is 22.3. The van der Waals surface area contributed by atoms with Crippen LogP contribution < -0.4 is 9.80 Å². The standard InChI is InChI=1S/C25H30N6/c1-30(18-3-14-26)24-10-6-22(7-11-24)20-28-16-5-17-29-21-23-8-12-25(13-9-23)31(2)19-4-15-27/h6-13,20-21H,3-5,16-19H2,1-2H3. The Labute approximate surface area is 185 Å². The molecule has 0 aliphatic heterocycles. The van der Waals surface area contributed by atoms with Crippen LogP contribution in [0.5, 0.6) is 0 Å². The maximum Gasteiger partial charge on any atom is 0.0640 e. The quantitative estimate of drug-likeness (QED) is 0.383.